The third kappa shape index (κ3) is 9.07. The lowest BCUT2D eigenvalue weighted by atomic mass is 10.1. The highest BCUT2D eigenvalue weighted by molar-refractivity contribution is 5.72. The lowest BCUT2D eigenvalue weighted by molar-refractivity contribution is -0.105. The Kier molecular flexibility index (Phi) is 10.6. The van der Waals surface area contributed by atoms with Crippen LogP contribution in [0.4, 0.5) is 0 Å². The van der Waals surface area contributed by atoms with Gasteiger partial charge in [-0.05, 0) is 55.7 Å². The van der Waals surface area contributed by atoms with Crippen LogP contribution in [0.5, 0.6) is 0 Å². The molecule has 0 N–H and O–H groups in total. The van der Waals surface area contributed by atoms with Crippen molar-refractivity contribution in [3.8, 4) is 0 Å². The second-order valence-corrected chi connectivity index (χ2v) is 6.63. The van der Waals surface area contributed by atoms with E-state index in [2.05, 4.69) is 23.2 Å². The van der Waals surface area contributed by atoms with E-state index in [1.807, 2.05) is 24.5 Å². The standard InChI is InChI=1S/C22H31NO3/c24-19-21(13-14-22-25-16-17-26-22)11-8-6-4-2-1-3-5-7-10-20-12-9-15-23-18-20/h3,5,9,12-13,15,18-19,22H,1-2,4,6-8,10-11,14,16-17H2/b5-3-,21-13+. The molecule has 4 nitrogen and oxygen atoms in total. The molecular weight excluding hydrogens is 326 g/mol. The number of aldehydes is 1. The average molecular weight is 357 g/mol. The van der Waals surface area contributed by atoms with E-state index in [4.69, 9.17) is 9.47 Å². The van der Waals surface area contributed by atoms with Gasteiger partial charge in [0, 0.05) is 18.8 Å². The largest absolute Gasteiger partial charge is 0.350 e. The van der Waals surface area contributed by atoms with E-state index >= 15 is 0 Å². The van der Waals surface area contributed by atoms with Crippen molar-refractivity contribution in [2.75, 3.05) is 13.2 Å². The maximum absolute atomic E-state index is 11.1. The number of hydrogen-bond donors (Lipinski definition) is 0. The van der Waals surface area contributed by atoms with Gasteiger partial charge in [-0.15, -0.1) is 0 Å². The summed E-state index contributed by atoms with van der Waals surface area (Å²) in [7, 11) is 0. The van der Waals surface area contributed by atoms with Crippen LogP contribution in [0.3, 0.4) is 0 Å². The third-order valence-electron chi connectivity index (χ3n) is 4.49. The molecule has 4 heteroatoms. The molecule has 0 aliphatic carbocycles. The zero-order valence-corrected chi connectivity index (χ0v) is 15.6. The SMILES string of the molecule is O=C/C(=C/CC1OCCO1)CCCCCC/C=C\CCc1cccnc1. The number of pyridine rings is 1. The van der Waals surface area contributed by atoms with Gasteiger partial charge in [-0.25, -0.2) is 0 Å². The van der Waals surface area contributed by atoms with Gasteiger partial charge in [-0.1, -0.05) is 37.1 Å². The number of carbonyl (C=O) groups excluding carboxylic acids is 1. The van der Waals surface area contributed by atoms with Gasteiger partial charge in [0.15, 0.2) is 6.29 Å². The Balaban J connectivity index is 1.44. The first kappa shape index (κ1) is 20.5. The summed E-state index contributed by atoms with van der Waals surface area (Å²) >= 11 is 0. The molecule has 1 aliphatic heterocycles. The van der Waals surface area contributed by atoms with Crippen LogP contribution >= 0.6 is 0 Å². The van der Waals surface area contributed by atoms with Crippen molar-refractivity contribution in [2.24, 2.45) is 0 Å². The number of carbonyl (C=O) groups is 1. The zero-order valence-electron chi connectivity index (χ0n) is 15.6. The molecule has 26 heavy (non-hydrogen) atoms. The summed E-state index contributed by atoms with van der Waals surface area (Å²) in [5.41, 5.74) is 2.17. The summed E-state index contributed by atoms with van der Waals surface area (Å²) in [5.74, 6) is 0. The molecule has 0 amide bonds. The predicted octanol–water partition coefficient (Wildman–Crippen LogP) is 4.80. The first-order valence-corrected chi connectivity index (χ1v) is 9.80. The molecule has 0 bridgehead atoms. The van der Waals surface area contributed by atoms with Crippen LogP contribution < -0.4 is 0 Å². The first-order valence-electron chi connectivity index (χ1n) is 9.80. The normalized spacial score (nSPS) is 15.8. The number of allylic oxidation sites excluding steroid dienone is 3. The summed E-state index contributed by atoms with van der Waals surface area (Å²) in [5, 5.41) is 0. The van der Waals surface area contributed by atoms with E-state index in [1.165, 1.54) is 24.8 Å². The van der Waals surface area contributed by atoms with Gasteiger partial charge < -0.3 is 9.47 Å². The van der Waals surface area contributed by atoms with Crippen LogP contribution in [0.25, 0.3) is 0 Å². The van der Waals surface area contributed by atoms with E-state index < -0.39 is 0 Å². The van der Waals surface area contributed by atoms with Crippen LogP contribution in [0.2, 0.25) is 0 Å². The minimum atomic E-state index is -0.158. The molecule has 0 unspecified atom stereocenters. The smallest absolute Gasteiger partial charge is 0.161 e. The molecule has 0 aromatic carbocycles. The number of ether oxygens (including phenoxy) is 2. The number of unbranched alkanes of at least 4 members (excludes halogenated alkanes) is 4. The number of nitrogens with zero attached hydrogens (tertiary/aromatic N) is 1. The maximum atomic E-state index is 11.1. The fraction of sp³-hybridized carbons (Fsp3) is 0.545. The molecule has 1 fully saturated rings. The quantitative estimate of drug-likeness (QED) is 0.220. The van der Waals surface area contributed by atoms with Gasteiger partial charge in [0.25, 0.3) is 0 Å². The highest BCUT2D eigenvalue weighted by atomic mass is 16.7. The third-order valence-corrected chi connectivity index (χ3v) is 4.49. The highest BCUT2D eigenvalue weighted by Crippen LogP contribution is 2.14. The summed E-state index contributed by atoms with van der Waals surface area (Å²) in [4.78, 5) is 15.2. The number of rotatable bonds is 13. The number of aryl methyl sites for hydroxylation is 1. The Morgan fingerprint density at radius 3 is 2.69 bits per heavy atom. The van der Waals surface area contributed by atoms with Gasteiger partial charge in [0.1, 0.15) is 6.29 Å². The van der Waals surface area contributed by atoms with E-state index in [0.29, 0.717) is 19.6 Å². The molecule has 142 valence electrons. The van der Waals surface area contributed by atoms with Gasteiger partial charge >= 0.3 is 0 Å². The summed E-state index contributed by atoms with van der Waals surface area (Å²) in [6, 6.07) is 4.11. The molecule has 0 atom stereocenters. The van der Waals surface area contributed by atoms with Gasteiger partial charge in [0.05, 0.1) is 13.2 Å². The monoisotopic (exact) mass is 357 g/mol. The Bertz CT molecular complexity index is 548. The molecule has 1 aromatic heterocycles. The number of aromatic nitrogens is 1. The van der Waals surface area contributed by atoms with Crippen LogP contribution in [-0.4, -0.2) is 30.8 Å². The Hall–Kier alpha value is -1.78. The Morgan fingerprint density at radius 1 is 1.12 bits per heavy atom. The lowest BCUT2D eigenvalue weighted by Gasteiger charge is -2.06. The molecule has 1 aliphatic rings. The fourth-order valence-corrected chi connectivity index (χ4v) is 2.98. The molecule has 1 saturated heterocycles. The fourth-order valence-electron chi connectivity index (χ4n) is 2.98. The van der Waals surface area contributed by atoms with Gasteiger partial charge in [-0.2, -0.15) is 0 Å². The van der Waals surface area contributed by atoms with Gasteiger partial charge in [0.2, 0.25) is 0 Å². The van der Waals surface area contributed by atoms with Crippen LogP contribution in [-0.2, 0) is 20.7 Å². The molecule has 0 spiro atoms. The van der Waals surface area contributed by atoms with E-state index in [9.17, 15) is 4.79 Å². The molecule has 0 radical (unpaired) electrons. The lowest BCUT2D eigenvalue weighted by Crippen LogP contribution is -2.05. The van der Waals surface area contributed by atoms with Crippen molar-refractivity contribution in [2.45, 2.75) is 64.1 Å². The minimum absolute atomic E-state index is 0.158. The Morgan fingerprint density at radius 2 is 1.92 bits per heavy atom. The highest BCUT2D eigenvalue weighted by Gasteiger charge is 2.14. The van der Waals surface area contributed by atoms with Crippen LogP contribution in [0.15, 0.2) is 48.3 Å². The van der Waals surface area contributed by atoms with Crippen molar-refractivity contribution in [3.63, 3.8) is 0 Å². The van der Waals surface area contributed by atoms with Crippen molar-refractivity contribution >= 4 is 6.29 Å². The van der Waals surface area contributed by atoms with Crippen molar-refractivity contribution in [3.05, 3.63) is 53.9 Å². The predicted molar refractivity (Wildman–Crippen MR) is 104 cm³/mol. The van der Waals surface area contributed by atoms with Crippen LogP contribution in [0, 0.1) is 0 Å². The summed E-state index contributed by atoms with van der Waals surface area (Å²) in [6.07, 6.45) is 20.6. The maximum Gasteiger partial charge on any atom is 0.161 e. The molecule has 2 rings (SSSR count). The summed E-state index contributed by atoms with van der Waals surface area (Å²) < 4.78 is 10.8. The average Bonchev–Trinajstić information content (AvgIpc) is 3.20. The van der Waals surface area contributed by atoms with E-state index in [1.54, 1.807) is 0 Å². The molecular formula is C22H31NO3. The first-order chi connectivity index (χ1) is 12.9. The second-order valence-electron chi connectivity index (χ2n) is 6.63. The van der Waals surface area contributed by atoms with E-state index in [0.717, 1.165) is 44.0 Å². The molecule has 0 saturated carbocycles. The topological polar surface area (TPSA) is 48.4 Å². The zero-order chi connectivity index (χ0) is 18.3. The van der Waals surface area contributed by atoms with Crippen molar-refractivity contribution < 1.29 is 14.3 Å². The minimum Gasteiger partial charge on any atom is -0.350 e. The molecule has 2 heterocycles. The Labute approximate surface area is 157 Å². The number of hydrogen-bond acceptors (Lipinski definition) is 4. The van der Waals surface area contributed by atoms with Crippen molar-refractivity contribution in [1.29, 1.82) is 0 Å². The summed E-state index contributed by atoms with van der Waals surface area (Å²) in [6.45, 7) is 1.32. The molecule has 1 aromatic rings. The van der Waals surface area contributed by atoms with Crippen LogP contribution in [0.1, 0.15) is 56.9 Å². The second kappa shape index (κ2) is 13.4. The van der Waals surface area contributed by atoms with Crippen molar-refractivity contribution in [1.82, 2.24) is 4.98 Å². The van der Waals surface area contributed by atoms with Gasteiger partial charge in [-0.3, -0.25) is 9.78 Å². The van der Waals surface area contributed by atoms with E-state index in [-0.39, 0.29) is 6.29 Å².